The molecular formula is C21H26N2O7S. The average molecular weight is 451 g/mol. The van der Waals surface area contributed by atoms with E-state index in [0.29, 0.717) is 23.7 Å². The Bertz CT molecular complexity index is 969. The summed E-state index contributed by atoms with van der Waals surface area (Å²) < 4.78 is 32.2. The van der Waals surface area contributed by atoms with Crippen LogP contribution in [0.4, 0.5) is 0 Å². The van der Waals surface area contributed by atoms with E-state index in [0.717, 1.165) is 19.6 Å². The summed E-state index contributed by atoms with van der Waals surface area (Å²) in [5.74, 6) is -2.99. The van der Waals surface area contributed by atoms with Gasteiger partial charge in [0.1, 0.15) is 5.75 Å². The van der Waals surface area contributed by atoms with E-state index >= 15 is 0 Å². The van der Waals surface area contributed by atoms with Gasteiger partial charge in [-0.1, -0.05) is 29.8 Å². The lowest BCUT2D eigenvalue weighted by molar-refractivity contribution is -0.159. The Labute approximate surface area is 181 Å². The third-order valence-electron chi connectivity index (χ3n) is 4.74. The normalized spacial score (nSPS) is 14.9. The zero-order valence-corrected chi connectivity index (χ0v) is 18.2. The Morgan fingerprint density at radius 1 is 0.903 bits per heavy atom. The number of rotatable bonds is 5. The molecule has 0 saturated carbocycles. The van der Waals surface area contributed by atoms with Crippen LogP contribution in [0.2, 0.25) is 0 Å². The number of ether oxygens (including phenoxy) is 1. The number of carboxylic acid groups (broad SMARTS) is 2. The van der Waals surface area contributed by atoms with Crippen LogP contribution >= 0.6 is 0 Å². The largest absolute Gasteiger partial charge is 0.497 e. The van der Waals surface area contributed by atoms with E-state index in [1.807, 2.05) is 0 Å². The summed E-state index contributed by atoms with van der Waals surface area (Å²) in [4.78, 5) is 20.8. The molecule has 9 nitrogen and oxygen atoms in total. The SMILES string of the molecule is COc1ccc(S(=O)(=O)N2CCN(Cc3ccc(C)cc3)CC2)cc1.O=C(O)C(=O)O. The van der Waals surface area contributed by atoms with E-state index in [9.17, 15) is 8.42 Å². The second-order valence-electron chi connectivity index (χ2n) is 6.95. The number of carbonyl (C=O) groups is 2. The van der Waals surface area contributed by atoms with Gasteiger partial charge >= 0.3 is 11.9 Å². The second-order valence-corrected chi connectivity index (χ2v) is 8.89. The van der Waals surface area contributed by atoms with Crippen LogP contribution in [-0.2, 0) is 26.2 Å². The van der Waals surface area contributed by atoms with Gasteiger partial charge in [-0.2, -0.15) is 4.31 Å². The summed E-state index contributed by atoms with van der Waals surface area (Å²) >= 11 is 0. The number of carboxylic acids is 2. The van der Waals surface area contributed by atoms with Crippen molar-refractivity contribution in [3.63, 3.8) is 0 Å². The first kappa shape index (κ1) is 24.3. The minimum absolute atomic E-state index is 0.320. The number of benzene rings is 2. The van der Waals surface area contributed by atoms with Gasteiger partial charge in [0.25, 0.3) is 0 Å². The van der Waals surface area contributed by atoms with Gasteiger partial charge in [0, 0.05) is 32.7 Å². The van der Waals surface area contributed by atoms with Gasteiger partial charge in [-0.15, -0.1) is 0 Å². The number of sulfonamides is 1. The van der Waals surface area contributed by atoms with Crippen LogP contribution in [0, 0.1) is 6.92 Å². The van der Waals surface area contributed by atoms with Gasteiger partial charge in [0.2, 0.25) is 10.0 Å². The fraction of sp³-hybridized carbons (Fsp3) is 0.333. The molecule has 2 aromatic carbocycles. The number of piperazine rings is 1. The number of hydrogen-bond acceptors (Lipinski definition) is 6. The quantitative estimate of drug-likeness (QED) is 0.659. The molecule has 0 spiro atoms. The standard InChI is InChI=1S/C19H24N2O3S.C2H2O4/c1-16-3-5-17(6-4-16)15-20-11-13-21(14-12-20)25(22,23)19-9-7-18(24-2)8-10-19;3-1(4)2(5)6/h3-10H,11-15H2,1-2H3;(H,3,4)(H,5,6). The van der Waals surface area contributed by atoms with Crippen molar-refractivity contribution in [1.82, 2.24) is 9.21 Å². The minimum atomic E-state index is -3.44. The molecule has 1 saturated heterocycles. The summed E-state index contributed by atoms with van der Waals surface area (Å²) in [6.45, 7) is 5.44. The number of hydrogen-bond donors (Lipinski definition) is 2. The van der Waals surface area contributed by atoms with Crippen molar-refractivity contribution in [3.05, 3.63) is 59.7 Å². The average Bonchev–Trinajstić information content (AvgIpc) is 2.76. The van der Waals surface area contributed by atoms with Gasteiger partial charge in [-0.25, -0.2) is 18.0 Å². The van der Waals surface area contributed by atoms with Crippen LogP contribution in [0.3, 0.4) is 0 Å². The Morgan fingerprint density at radius 2 is 1.42 bits per heavy atom. The molecule has 2 aromatic rings. The highest BCUT2D eigenvalue weighted by Gasteiger charge is 2.28. The molecule has 0 unspecified atom stereocenters. The Balaban J connectivity index is 0.000000501. The third kappa shape index (κ3) is 7.06. The highest BCUT2D eigenvalue weighted by atomic mass is 32.2. The second kappa shape index (κ2) is 10.9. The molecular weight excluding hydrogens is 424 g/mol. The van der Waals surface area contributed by atoms with E-state index in [2.05, 4.69) is 36.1 Å². The summed E-state index contributed by atoms with van der Waals surface area (Å²) in [5, 5.41) is 14.8. The first-order chi connectivity index (χ1) is 14.6. The predicted molar refractivity (Wildman–Crippen MR) is 113 cm³/mol. The van der Waals surface area contributed by atoms with Crippen molar-refractivity contribution >= 4 is 22.0 Å². The zero-order chi connectivity index (χ0) is 23.0. The Morgan fingerprint density at radius 3 is 1.87 bits per heavy atom. The molecule has 0 amide bonds. The Hall–Kier alpha value is -2.95. The maximum absolute atomic E-state index is 12.8. The van der Waals surface area contributed by atoms with Gasteiger partial charge < -0.3 is 14.9 Å². The topological polar surface area (TPSA) is 124 Å². The number of aliphatic carboxylic acids is 2. The van der Waals surface area contributed by atoms with Crippen molar-refractivity contribution < 1.29 is 33.0 Å². The van der Waals surface area contributed by atoms with Crippen LogP contribution < -0.4 is 4.74 Å². The van der Waals surface area contributed by atoms with Crippen LogP contribution in [0.25, 0.3) is 0 Å². The molecule has 3 rings (SSSR count). The maximum Gasteiger partial charge on any atom is 0.414 e. The molecule has 31 heavy (non-hydrogen) atoms. The number of methoxy groups -OCH3 is 1. The van der Waals surface area contributed by atoms with Gasteiger partial charge in [-0.05, 0) is 36.8 Å². The summed E-state index contributed by atoms with van der Waals surface area (Å²) in [7, 11) is -1.87. The van der Waals surface area contributed by atoms with E-state index in [-0.39, 0.29) is 0 Å². The molecule has 0 aromatic heterocycles. The van der Waals surface area contributed by atoms with Crippen LogP contribution in [-0.4, -0.2) is 73.1 Å². The maximum atomic E-state index is 12.8. The van der Waals surface area contributed by atoms with Crippen molar-refractivity contribution in [3.8, 4) is 5.75 Å². The molecule has 1 fully saturated rings. The van der Waals surface area contributed by atoms with E-state index in [1.54, 1.807) is 35.7 Å². The summed E-state index contributed by atoms with van der Waals surface area (Å²) in [6.07, 6.45) is 0. The fourth-order valence-corrected chi connectivity index (χ4v) is 4.40. The van der Waals surface area contributed by atoms with E-state index in [1.165, 1.54) is 11.1 Å². The predicted octanol–water partition coefficient (Wildman–Crippen LogP) is 1.67. The lowest BCUT2D eigenvalue weighted by atomic mass is 10.1. The van der Waals surface area contributed by atoms with E-state index in [4.69, 9.17) is 24.5 Å². The highest BCUT2D eigenvalue weighted by molar-refractivity contribution is 7.89. The molecule has 168 valence electrons. The fourth-order valence-electron chi connectivity index (χ4n) is 2.98. The van der Waals surface area contributed by atoms with Gasteiger partial charge in [0.05, 0.1) is 12.0 Å². The van der Waals surface area contributed by atoms with Gasteiger partial charge in [-0.3, -0.25) is 4.90 Å². The van der Waals surface area contributed by atoms with Crippen molar-refractivity contribution in [1.29, 1.82) is 0 Å². The third-order valence-corrected chi connectivity index (χ3v) is 6.65. The summed E-state index contributed by atoms with van der Waals surface area (Å²) in [5.41, 5.74) is 2.51. The van der Waals surface area contributed by atoms with E-state index < -0.39 is 22.0 Å². The molecule has 10 heteroatoms. The molecule has 0 bridgehead atoms. The van der Waals surface area contributed by atoms with Crippen molar-refractivity contribution in [2.24, 2.45) is 0 Å². The number of aryl methyl sites for hydroxylation is 1. The minimum Gasteiger partial charge on any atom is -0.497 e. The zero-order valence-electron chi connectivity index (χ0n) is 17.4. The van der Waals surface area contributed by atoms with Gasteiger partial charge in [0.15, 0.2) is 0 Å². The number of nitrogens with zero attached hydrogens (tertiary/aromatic N) is 2. The smallest absolute Gasteiger partial charge is 0.414 e. The van der Waals surface area contributed by atoms with Crippen LogP contribution in [0.5, 0.6) is 5.75 Å². The monoisotopic (exact) mass is 450 g/mol. The van der Waals surface area contributed by atoms with Crippen molar-refractivity contribution in [2.75, 3.05) is 33.3 Å². The Kier molecular flexibility index (Phi) is 8.55. The lowest BCUT2D eigenvalue weighted by Gasteiger charge is -2.34. The lowest BCUT2D eigenvalue weighted by Crippen LogP contribution is -2.48. The summed E-state index contributed by atoms with van der Waals surface area (Å²) in [6, 6.07) is 15.1. The molecule has 0 atom stereocenters. The van der Waals surface area contributed by atoms with Crippen LogP contribution in [0.15, 0.2) is 53.4 Å². The molecule has 1 aliphatic heterocycles. The molecule has 0 aliphatic carbocycles. The molecule has 1 heterocycles. The van der Waals surface area contributed by atoms with Crippen molar-refractivity contribution in [2.45, 2.75) is 18.4 Å². The van der Waals surface area contributed by atoms with Crippen LogP contribution in [0.1, 0.15) is 11.1 Å². The first-order valence-corrected chi connectivity index (χ1v) is 11.0. The highest BCUT2D eigenvalue weighted by Crippen LogP contribution is 2.21. The molecule has 1 aliphatic rings. The first-order valence-electron chi connectivity index (χ1n) is 9.52. The molecule has 2 N–H and O–H groups in total. The molecule has 0 radical (unpaired) electrons.